The van der Waals surface area contributed by atoms with E-state index in [-0.39, 0.29) is 0 Å². The molecule has 1 aromatic rings. The van der Waals surface area contributed by atoms with Gasteiger partial charge >= 0.3 is 4.83 Å². The molecular formula is C8H3BrCl2F2IN. The van der Waals surface area contributed by atoms with Crippen LogP contribution >= 0.6 is 61.7 Å². The minimum absolute atomic E-state index is 0.351. The van der Waals surface area contributed by atoms with Crippen LogP contribution in [-0.4, -0.2) is 10.0 Å². The van der Waals surface area contributed by atoms with Crippen molar-refractivity contribution in [1.29, 1.82) is 0 Å². The third-order valence-electron chi connectivity index (χ3n) is 1.36. The monoisotopic (exact) mass is 427 g/mol. The first-order chi connectivity index (χ1) is 6.80. The molecule has 0 bridgehead atoms. The lowest BCUT2D eigenvalue weighted by Gasteiger charge is -2.06. The molecule has 1 rings (SSSR count). The number of hydrogen-bond acceptors (Lipinski definition) is 1. The predicted molar refractivity (Wildman–Crippen MR) is 71.0 cm³/mol. The lowest BCUT2D eigenvalue weighted by molar-refractivity contribution is 0.197. The molecule has 0 heterocycles. The molecule has 0 spiro atoms. The van der Waals surface area contributed by atoms with Gasteiger partial charge in [-0.1, -0.05) is 23.2 Å². The van der Waals surface area contributed by atoms with E-state index in [0.29, 0.717) is 14.3 Å². The summed E-state index contributed by atoms with van der Waals surface area (Å²) >= 11 is 15.1. The van der Waals surface area contributed by atoms with Crippen LogP contribution in [0.15, 0.2) is 23.2 Å². The molecule has 0 aliphatic carbocycles. The van der Waals surface area contributed by atoms with Gasteiger partial charge in [0, 0.05) is 8.59 Å². The largest absolute Gasteiger partial charge is 0.353 e. The van der Waals surface area contributed by atoms with E-state index in [1.165, 1.54) is 6.07 Å². The van der Waals surface area contributed by atoms with E-state index in [4.69, 9.17) is 23.2 Å². The molecule has 1 nitrogen and oxygen atoms in total. The van der Waals surface area contributed by atoms with Gasteiger partial charge in [0.2, 0.25) is 0 Å². The Morgan fingerprint density at radius 3 is 2.53 bits per heavy atom. The molecule has 0 N–H and O–H groups in total. The van der Waals surface area contributed by atoms with Crippen LogP contribution in [0.4, 0.5) is 14.5 Å². The molecule has 82 valence electrons. The molecule has 0 aliphatic heterocycles. The molecular weight excluding hydrogens is 426 g/mol. The molecule has 0 fully saturated rings. The second-order valence-electron chi connectivity index (χ2n) is 2.50. The van der Waals surface area contributed by atoms with E-state index in [2.05, 4.69) is 20.9 Å². The quantitative estimate of drug-likeness (QED) is 0.349. The average molecular weight is 429 g/mol. The number of hydrogen-bond donors (Lipinski definition) is 0. The third-order valence-corrected chi connectivity index (χ3v) is 3.39. The van der Waals surface area contributed by atoms with E-state index in [9.17, 15) is 8.78 Å². The summed E-state index contributed by atoms with van der Waals surface area (Å²) in [4.78, 5) is 0.282. The number of nitrogens with zero attached hydrogens (tertiary/aromatic N) is 1. The summed E-state index contributed by atoms with van der Waals surface area (Å²) in [5.41, 5.74) is 0.351. The minimum atomic E-state index is -3.31. The molecule has 0 amide bonds. The zero-order chi connectivity index (χ0) is 11.6. The number of benzene rings is 1. The highest BCUT2D eigenvalue weighted by molar-refractivity contribution is 14.1. The highest BCUT2D eigenvalue weighted by Gasteiger charge is 2.30. The molecule has 1 aromatic carbocycles. The third kappa shape index (κ3) is 4.13. The van der Waals surface area contributed by atoms with Crippen LogP contribution in [0, 0.1) is 3.57 Å². The molecule has 0 radical (unpaired) electrons. The second kappa shape index (κ2) is 5.25. The van der Waals surface area contributed by atoms with Crippen molar-refractivity contribution in [1.82, 2.24) is 0 Å². The zero-order valence-corrected chi connectivity index (χ0v) is 12.2. The summed E-state index contributed by atoms with van der Waals surface area (Å²) in [6, 6.07) is 4.68. The molecule has 15 heavy (non-hydrogen) atoms. The molecule has 7 heteroatoms. The summed E-state index contributed by atoms with van der Waals surface area (Å²) in [6.45, 7) is 0. The van der Waals surface area contributed by atoms with Crippen molar-refractivity contribution >= 4 is 72.6 Å². The summed E-state index contributed by atoms with van der Waals surface area (Å²) in [6.07, 6.45) is 0. The van der Waals surface area contributed by atoms with Crippen molar-refractivity contribution in [3.8, 4) is 0 Å². The summed E-state index contributed by atoms with van der Waals surface area (Å²) in [7, 11) is 0. The van der Waals surface area contributed by atoms with E-state index >= 15 is 0 Å². The highest BCUT2D eigenvalue weighted by Crippen LogP contribution is 2.31. The Labute approximate surface area is 117 Å². The molecule has 0 atom stereocenters. The predicted octanol–water partition coefficient (Wildman–Crippen LogP) is 5.20. The Morgan fingerprint density at radius 2 is 2.07 bits per heavy atom. The summed E-state index contributed by atoms with van der Waals surface area (Å²) in [5, 5.41) is -0.303. The van der Waals surface area contributed by atoms with Gasteiger partial charge in [-0.15, -0.1) is 0 Å². The normalized spacial score (nSPS) is 13.1. The lowest BCUT2D eigenvalue weighted by atomic mass is 10.3. The first kappa shape index (κ1) is 13.6. The van der Waals surface area contributed by atoms with Gasteiger partial charge in [0.05, 0.1) is 5.69 Å². The van der Waals surface area contributed by atoms with Crippen LogP contribution in [0.1, 0.15) is 0 Å². The molecule has 0 unspecified atom stereocenters. The fourth-order valence-electron chi connectivity index (χ4n) is 0.741. The fraction of sp³-hybridized carbons (Fsp3) is 0.125. The zero-order valence-electron chi connectivity index (χ0n) is 6.95. The van der Waals surface area contributed by atoms with Crippen LogP contribution in [0.5, 0.6) is 0 Å². The van der Waals surface area contributed by atoms with Crippen molar-refractivity contribution in [2.75, 3.05) is 0 Å². The van der Waals surface area contributed by atoms with E-state index < -0.39 is 10.0 Å². The maximum atomic E-state index is 12.6. The standard InChI is InChI=1S/C8H3BrCl2F2IN/c9-8(12,13)7(11)15-6-2-1-4(10)3-5(6)14/h1-3H. The first-order valence-corrected chi connectivity index (χ1v) is 6.20. The van der Waals surface area contributed by atoms with Gasteiger partial charge < -0.3 is 0 Å². The Hall–Kier alpha value is 0.540. The van der Waals surface area contributed by atoms with Crippen molar-refractivity contribution < 1.29 is 8.78 Å². The summed E-state index contributed by atoms with van der Waals surface area (Å²) in [5.74, 6) is 0. The molecule has 0 saturated carbocycles. The second-order valence-corrected chi connectivity index (χ2v) is 5.45. The Balaban J connectivity index is 3.09. The van der Waals surface area contributed by atoms with Crippen LogP contribution in [0.25, 0.3) is 0 Å². The van der Waals surface area contributed by atoms with Gasteiger partial charge in [-0.05, 0) is 56.7 Å². The first-order valence-electron chi connectivity index (χ1n) is 3.57. The van der Waals surface area contributed by atoms with Crippen LogP contribution in [0.3, 0.4) is 0 Å². The van der Waals surface area contributed by atoms with Crippen molar-refractivity contribution in [3.63, 3.8) is 0 Å². The Morgan fingerprint density at radius 1 is 1.47 bits per heavy atom. The lowest BCUT2D eigenvalue weighted by Crippen LogP contribution is -2.14. The van der Waals surface area contributed by atoms with Gasteiger partial charge in [-0.2, -0.15) is 8.78 Å². The Bertz CT molecular complexity index is 406. The van der Waals surface area contributed by atoms with Gasteiger partial charge in [-0.3, -0.25) is 0 Å². The maximum Gasteiger partial charge on any atom is 0.353 e. The molecule has 0 aromatic heterocycles. The Kier molecular flexibility index (Phi) is 4.76. The minimum Gasteiger partial charge on any atom is -0.233 e. The van der Waals surface area contributed by atoms with E-state index in [0.717, 1.165) is 0 Å². The van der Waals surface area contributed by atoms with Crippen LogP contribution in [-0.2, 0) is 0 Å². The van der Waals surface area contributed by atoms with E-state index in [1.807, 2.05) is 22.6 Å². The van der Waals surface area contributed by atoms with Crippen molar-refractivity contribution in [2.24, 2.45) is 4.99 Å². The van der Waals surface area contributed by atoms with Crippen LogP contribution < -0.4 is 0 Å². The van der Waals surface area contributed by atoms with Crippen LogP contribution in [0.2, 0.25) is 5.02 Å². The smallest absolute Gasteiger partial charge is 0.233 e. The average Bonchev–Trinajstić information content (AvgIpc) is 2.08. The van der Waals surface area contributed by atoms with Crippen molar-refractivity contribution in [2.45, 2.75) is 4.83 Å². The number of halogens is 6. The van der Waals surface area contributed by atoms with Gasteiger partial charge in [0.25, 0.3) is 0 Å². The highest BCUT2D eigenvalue weighted by atomic mass is 127. The van der Waals surface area contributed by atoms with Crippen molar-refractivity contribution in [3.05, 3.63) is 26.8 Å². The van der Waals surface area contributed by atoms with Gasteiger partial charge in [-0.25, -0.2) is 4.99 Å². The topological polar surface area (TPSA) is 12.4 Å². The summed E-state index contributed by atoms with van der Waals surface area (Å²) < 4.78 is 25.9. The van der Waals surface area contributed by atoms with Gasteiger partial charge in [0.1, 0.15) is 0 Å². The van der Waals surface area contributed by atoms with E-state index in [1.54, 1.807) is 12.1 Å². The number of rotatable bonds is 2. The molecule has 0 aliphatic rings. The van der Waals surface area contributed by atoms with Gasteiger partial charge in [0.15, 0.2) is 5.17 Å². The number of aliphatic imine (C=N–C) groups is 1. The fourth-order valence-corrected chi connectivity index (χ4v) is 1.91. The molecule has 0 saturated heterocycles. The number of alkyl halides is 3. The SMILES string of the molecule is FC(F)(Br)C(Cl)=Nc1ccc(Cl)cc1I. The maximum absolute atomic E-state index is 12.6.